The molecule has 4 nitrogen and oxygen atoms in total. The summed E-state index contributed by atoms with van der Waals surface area (Å²) in [4.78, 5) is 27.8. The first kappa shape index (κ1) is 15.4. The topological polar surface area (TPSA) is 72.5 Å². The van der Waals surface area contributed by atoms with Crippen LogP contribution in [0, 0.1) is 5.82 Å². The molecule has 1 aliphatic rings. The first-order valence-electron chi connectivity index (χ1n) is 6.97. The summed E-state index contributed by atoms with van der Waals surface area (Å²) >= 11 is 1.23. The molecule has 1 aliphatic heterocycles. The summed E-state index contributed by atoms with van der Waals surface area (Å²) < 4.78 is 12.9. The average molecular weight is 328 g/mol. The van der Waals surface area contributed by atoms with E-state index in [9.17, 15) is 14.0 Å². The van der Waals surface area contributed by atoms with Crippen molar-refractivity contribution >= 4 is 28.6 Å². The fraction of sp³-hybridized carbons (Fsp3) is 0.118. The quantitative estimate of drug-likeness (QED) is 0.876. The Bertz CT molecular complexity index is 802. The fourth-order valence-corrected chi connectivity index (χ4v) is 3.22. The van der Waals surface area contributed by atoms with Crippen LogP contribution in [-0.2, 0) is 11.2 Å². The number of thioether (sulfide) groups is 1. The van der Waals surface area contributed by atoms with Gasteiger partial charge >= 0.3 is 0 Å². The van der Waals surface area contributed by atoms with Crippen LogP contribution < -0.4 is 5.73 Å². The lowest BCUT2D eigenvalue weighted by Gasteiger charge is -2.08. The van der Waals surface area contributed by atoms with Crippen molar-refractivity contribution in [3.05, 3.63) is 71.0 Å². The highest BCUT2D eigenvalue weighted by molar-refractivity contribution is 8.15. The number of hydrogen-bond acceptors (Lipinski definition) is 4. The van der Waals surface area contributed by atoms with Crippen LogP contribution in [0.15, 0.2) is 53.5 Å². The number of nitrogens with zero attached hydrogens (tertiary/aromatic N) is 1. The third-order valence-corrected chi connectivity index (χ3v) is 4.46. The van der Waals surface area contributed by atoms with E-state index < -0.39 is 0 Å². The maximum atomic E-state index is 12.9. The van der Waals surface area contributed by atoms with Gasteiger partial charge in [0.2, 0.25) is 0 Å². The highest BCUT2D eigenvalue weighted by Crippen LogP contribution is 2.24. The predicted octanol–water partition coefficient (Wildman–Crippen LogP) is 2.56. The molecule has 0 saturated heterocycles. The SMILES string of the molecule is NC1=NC(=O)C(Cc2cccc(C(=O)c3ccc(F)cc3)c2)S1. The zero-order chi connectivity index (χ0) is 16.4. The monoisotopic (exact) mass is 328 g/mol. The van der Waals surface area contributed by atoms with E-state index in [1.165, 1.54) is 36.0 Å². The molecule has 1 unspecified atom stereocenters. The summed E-state index contributed by atoms with van der Waals surface area (Å²) in [6.45, 7) is 0. The molecule has 3 rings (SSSR count). The van der Waals surface area contributed by atoms with Crippen molar-refractivity contribution < 1.29 is 14.0 Å². The summed E-state index contributed by atoms with van der Waals surface area (Å²) in [7, 11) is 0. The number of benzene rings is 2. The van der Waals surface area contributed by atoms with Crippen LogP contribution in [0.25, 0.3) is 0 Å². The molecule has 6 heteroatoms. The molecule has 0 spiro atoms. The Labute approximate surface area is 136 Å². The second kappa shape index (κ2) is 6.34. The third kappa shape index (κ3) is 3.48. The van der Waals surface area contributed by atoms with Crippen molar-refractivity contribution in [1.29, 1.82) is 0 Å². The van der Waals surface area contributed by atoms with Crippen LogP contribution in [0.3, 0.4) is 0 Å². The molecule has 2 N–H and O–H groups in total. The molecule has 1 atom stereocenters. The lowest BCUT2D eigenvalue weighted by atomic mass is 9.99. The molecule has 116 valence electrons. The highest BCUT2D eigenvalue weighted by Gasteiger charge is 2.27. The van der Waals surface area contributed by atoms with E-state index in [2.05, 4.69) is 4.99 Å². The van der Waals surface area contributed by atoms with Crippen molar-refractivity contribution in [3.63, 3.8) is 0 Å². The Morgan fingerprint density at radius 3 is 2.57 bits per heavy atom. The van der Waals surface area contributed by atoms with Gasteiger partial charge in [-0.25, -0.2) is 4.39 Å². The average Bonchev–Trinajstić information content (AvgIpc) is 2.85. The largest absolute Gasteiger partial charge is 0.378 e. The van der Waals surface area contributed by atoms with Crippen molar-refractivity contribution in [3.8, 4) is 0 Å². The molecule has 0 saturated carbocycles. The van der Waals surface area contributed by atoms with Gasteiger partial charge in [0.1, 0.15) is 5.82 Å². The number of amidine groups is 1. The first-order chi connectivity index (χ1) is 11.0. The fourth-order valence-electron chi connectivity index (χ4n) is 2.35. The maximum absolute atomic E-state index is 12.9. The number of nitrogens with two attached hydrogens (primary N) is 1. The molecule has 0 aromatic heterocycles. The molecular formula is C17H13FN2O2S. The molecule has 0 aliphatic carbocycles. The number of rotatable bonds is 4. The lowest BCUT2D eigenvalue weighted by molar-refractivity contribution is -0.117. The minimum Gasteiger partial charge on any atom is -0.378 e. The molecule has 23 heavy (non-hydrogen) atoms. The summed E-state index contributed by atoms with van der Waals surface area (Å²) in [5.74, 6) is -0.819. The van der Waals surface area contributed by atoms with E-state index in [4.69, 9.17) is 5.73 Å². The van der Waals surface area contributed by atoms with Gasteiger partial charge in [-0.05, 0) is 42.3 Å². The number of amides is 1. The number of hydrogen-bond donors (Lipinski definition) is 1. The molecule has 1 heterocycles. The Hall–Kier alpha value is -2.47. The Kier molecular flexibility index (Phi) is 4.25. The lowest BCUT2D eigenvalue weighted by Crippen LogP contribution is -2.14. The number of aliphatic imine (C=N–C) groups is 1. The van der Waals surface area contributed by atoms with Gasteiger partial charge in [0.25, 0.3) is 5.91 Å². The van der Waals surface area contributed by atoms with Gasteiger partial charge in [-0.2, -0.15) is 4.99 Å². The zero-order valence-electron chi connectivity index (χ0n) is 12.0. The summed E-state index contributed by atoms with van der Waals surface area (Å²) in [6, 6.07) is 12.5. The van der Waals surface area contributed by atoms with Crippen LogP contribution in [0.5, 0.6) is 0 Å². The Morgan fingerprint density at radius 1 is 1.17 bits per heavy atom. The second-order valence-electron chi connectivity index (χ2n) is 5.14. The molecule has 1 amide bonds. The van der Waals surface area contributed by atoms with Crippen molar-refractivity contribution in [2.45, 2.75) is 11.7 Å². The van der Waals surface area contributed by atoms with Gasteiger partial charge in [-0.1, -0.05) is 30.0 Å². The third-order valence-electron chi connectivity index (χ3n) is 3.48. The first-order valence-corrected chi connectivity index (χ1v) is 7.85. The zero-order valence-corrected chi connectivity index (χ0v) is 12.8. The number of halogens is 1. The van der Waals surface area contributed by atoms with Crippen molar-refractivity contribution in [2.75, 3.05) is 0 Å². The molecule has 2 aromatic carbocycles. The minimum absolute atomic E-state index is 0.187. The standard InChI is InChI=1S/C17H13FN2O2S/c18-13-6-4-11(5-7-13)15(21)12-3-1-2-10(8-12)9-14-16(22)20-17(19)23-14/h1-8,14H,9H2,(H2,19,20,22). The van der Waals surface area contributed by atoms with E-state index in [0.29, 0.717) is 17.5 Å². The van der Waals surface area contributed by atoms with E-state index >= 15 is 0 Å². The normalized spacial score (nSPS) is 17.2. The number of ketones is 1. The highest BCUT2D eigenvalue weighted by atomic mass is 32.2. The van der Waals surface area contributed by atoms with Gasteiger partial charge in [0.05, 0.1) is 5.25 Å². The van der Waals surface area contributed by atoms with Gasteiger partial charge in [0, 0.05) is 11.1 Å². The predicted molar refractivity (Wildman–Crippen MR) is 88.0 cm³/mol. The van der Waals surface area contributed by atoms with Crippen LogP contribution in [0.2, 0.25) is 0 Å². The molecule has 2 aromatic rings. The number of carbonyl (C=O) groups is 2. The molecule has 0 fully saturated rings. The van der Waals surface area contributed by atoms with Gasteiger partial charge in [0.15, 0.2) is 11.0 Å². The van der Waals surface area contributed by atoms with Crippen molar-refractivity contribution in [1.82, 2.24) is 0 Å². The van der Waals surface area contributed by atoms with Crippen molar-refractivity contribution in [2.24, 2.45) is 10.7 Å². The minimum atomic E-state index is -0.385. The van der Waals surface area contributed by atoms with Gasteiger partial charge < -0.3 is 5.73 Å². The van der Waals surface area contributed by atoms with Crippen LogP contribution in [0.1, 0.15) is 21.5 Å². The van der Waals surface area contributed by atoms with Crippen LogP contribution >= 0.6 is 11.8 Å². The van der Waals surface area contributed by atoms with E-state index in [1.54, 1.807) is 18.2 Å². The van der Waals surface area contributed by atoms with Gasteiger partial charge in [-0.3, -0.25) is 9.59 Å². The Balaban J connectivity index is 1.78. The van der Waals surface area contributed by atoms with E-state index in [-0.39, 0.29) is 27.9 Å². The molecule has 0 bridgehead atoms. The summed E-state index contributed by atoms with van der Waals surface area (Å²) in [5, 5.41) is -0.0651. The summed E-state index contributed by atoms with van der Waals surface area (Å²) in [5.41, 5.74) is 7.32. The van der Waals surface area contributed by atoms with Crippen LogP contribution in [-0.4, -0.2) is 22.1 Å². The number of carbonyl (C=O) groups excluding carboxylic acids is 2. The maximum Gasteiger partial charge on any atom is 0.261 e. The van der Waals surface area contributed by atoms with E-state index in [0.717, 1.165) is 5.56 Å². The smallest absolute Gasteiger partial charge is 0.261 e. The Morgan fingerprint density at radius 2 is 1.91 bits per heavy atom. The second-order valence-corrected chi connectivity index (χ2v) is 6.36. The molecular weight excluding hydrogens is 315 g/mol. The van der Waals surface area contributed by atoms with E-state index in [1.807, 2.05) is 6.07 Å². The molecule has 0 radical (unpaired) electrons. The summed E-state index contributed by atoms with van der Waals surface area (Å²) in [6.07, 6.45) is 0.457. The van der Waals surface area contributed by atoms with Crippen LogP contribution in [0.4, 0.5) is 4.39 Å². The van der Waals surface area contributed by atoms with Gasteiger partial charge in [-0.15, -0.1) is 0 Å².